The predicted octanol–water partition coefficient (Wildman–Crippen LogP) is 4.14. The zero-order chi connectivity index (χ0) is 20.9. The van der Waals surface area contributed by atoms with E-state index in [4.69, 9.17) is 14.5 Å². The van der Waals surface area contributed by atoms with E-state index >= 15 is 0 Å². The average Bonchev–Trinajstić information content (AvgIpc) is 3.24. The molecule has 1 saturated heterocycles. The number of amides is 1. The first-order valence-electron chi connectivity index (χ1n) is 9.91. The topological polar surface area (TPSA) is 54.9 Å². The normalized spacial score (nSPS) is 14.2. The summed E-state index contributed by atoms with van der Waals surface area (Å²) in [6, 6.07) is 13.9. The molecule has 0 radical (unpaired) electrons. The molecule has 0 atom stereocenters. The van der Waals surface area contributed by atoms with Crippen LogP contribution in [0, 0.1) is 0 Å². The number of fused-ring (bicyclic) bond motifs is 1. The Hall–Kier alpha value is -2.45. The first kappa shape index (κ1) is 20.8. The van der Waals surface area contributed by atoms with E-state index in [9.17, 15) is 4.79 Å². The molecule has 2 aromatic carbocycles. The molecule has 30 heavy (non-hydrogen) atoms. The SMILES string of the molecule is COc1ccc(SCCC(=O)N2CCN(c3nc4c(OC)cccc4s3)CC2)cc1. The van der Waals surface area contributed by atoms with Gasteiger partial charge in [0.15, 0.2) is 5.13 Å². The standard InChI is InChI=1S/C22H25N3O3S2/c1-27-16-6-8-17(9-7-16)29-15-10-20(26)24-11-13-25(14-12-24)22-23-21-18(28-2)4-3-5-19(21)30-22/h3-9H,10-15H2,1-2H3. The average molecular weight is 444 g/mol. The van der Waals surface area contributed by atoms with Crippen LogP contribution in [0.5, 0.6) is 11.5 Å². The molecule has 0 aliphatic carbocycles. The zero-order valence-corrected chi connectivity index (χ0v) is 18.8. The molecule has 0 saturated carbocycles. The molecule has 158 valence electrons. The lowest BCUT2D eigenvalue weighted by Crippen LogP contribution is -2.48. The van der Waals surface area contributed by atoms with Crippen molar-refractivity contribution in [1.82, 2.24) is 9.88 Å². The van der Waals surface area contributed by atoms with Gasteiger partial charge in [-0.3, -0.25) is 4.79 Å². The third-order valence-corrected chi connectivity index (χ3v) is 7.23. The van der Waals surface area contributed by atoms with E-state index in [1.54, 1.807) is 37.3 Å². The molecule has 1 aliphatic rings. The van der Waals surface area contributed by atoms with E-state index in [0.717, 1.165) is 63.7 Å². The summed E-state index contributed by atoms with van der Waals surface area (Å²) in [5, 5.41) is 0.997. The molecule has 0 spiro atoms. The molecule has 6 nitrogen and oxygen atoms in total. The maximum absolute atomic E-state index is 12.6. The summed E-state index contributed by atoms with van der Waals surface area (Å²) in [5.74, 6) is 2.66. The summed E-state index contributed by atoms with van der Waals surface area (Å²) in [7, 11) is 3.33. The minimum absolute atomic E-state index is 0.224. The van der Waals surface area contributed by atoms with E-state index in [2.05, 4.69) is 11.0 Å². The Bertz CT molecular complexity index is 999. The summed E-state index contributed by atoms with van der Waals surface area (Å²) < 4.78 is 11.7. The van der Waals surface area contributed by atoms with Crippen LogP contribution < -0.4 is 14.4 Å². The number of piperazine rings is 1. The van der Waals surface area contributed by atoms with Crippen LogP contribution in [0.25, 0.3) is 10.2 Å². The highest BCUT2D eigenvalue weighted by Crippen LogP contribution is 2.34. The van der Waals surface area contributed by atoms with Crippen molar-refractivity contribution in [3.63, 3.8) is 0 Å². The third kappa shape index (κ3) is 4.65. The minimum Gasteiger partial charge on any atom is -0.497 e. The van der Waals surface area contributed by atoms with Gasteiger partial charge in [-0.2, -0.15) is 0 Å². The van der Waals surface area contributed by atoms with Crippen molar-refractivity contribution in [3.05, 3.63) is 42.5 Å². The lowest BCUT2D eigenvalue weighted by molar-refractivity contribution is -0.131. The number of rotatable bonds is 7. The molecule has 1 amide bonds. The highest BCUT2D eigenvalue weighted by atomic mass is 32.2. The van der Waals surface area contributed by atoms with Crippen molar-refractivity contribution in [2.75, 3.05) is 51.1 Å². The predicted molar refractivity (Wildman–Crippen MR) is 123 cm³/mol. The molecule has 1 fully saturated rings. The van der Waals surface area contributed by atoms with Crippen LogP contribution in [-0.2, 0) is 4.79 Å². The number of carbonyl (C=O) groups is 1. The summed E-state index contributed by atoms with van der Waals surface area (Å²) >= 11 is 3.38. The molecule has 0 N–H and O–H groups in total. The largest absolute Gasteiger partial charge is 0.497 e. The number of thioether (sulfide) groups is 1. The fourth-order valence-corrected chi connectivity index (χ4v) is 5.32. The van der Waals surface area contributed by atoms with Crippen molar-refractivity contribution in [2.45, 2.75) is 11.3 Å². The number of para-hydroxylation sites is 1. The Balaban J connectivity index is 1.27. The molecule has 1 aromatic heterocycles. The van der Waals surface area contributed by atoms with Gasteiger partial charge in [-0.05, 0) is 36.4 Å². The first-order valence-corrected chi connectivity index (χ1v) is 11.7. The molecular formula is C22H25N3O3S2. The van der Waals surface area contributed by atoms with E-state index in [1.807, 2.05) is 41.3 Å². The molecule has 0 unspecified atom stereocenters. The van der Waals surface area contributed by atoms with Crippen LogP contribution in [0.4, 0.5) is 5.13 Å². The number of hydrogen-bond acceptors (Lipinski definition) is 7. The van der Waals surface area contributed by atoms with Crippen molar-refractivity contribution < 1.29 is 14.3 Å². The van der Waals surface area contributed by atoms with Crippen LogP contribution in [0.2, 0.25) is 0 Å². The van der Waals surface area contributed by atoms with Gasteiger partial charge in [0.2, 0.25) is 5.91 Å². The summed E-state index contributed by atoms with van der Waals surface area (Å²) in [4.78, 5) is 22.8. The molecule has 3 aromatic rings. The van der Waals surface area contributed by atoms with Gasteiger partial charge < -0.3 is 19.3 Å². The Kier molecular flexibility index (Phi) is 6.64. The van der Waals surface area contributed by atoms with Crippen LogP contribution in [-0.4, -0.2) is 61.9 Å². The molecule has 1 aliphatic heterocycles. The van der Waals surface area contributed by atoms with Crippen LogP contribution in [0.15, 0.2) is 47.4 Å². The van der Waals surface area contributed by atoms with Crippen molar-refractivity contribution in [2.24, 2.45) is 0 Å². The number of aromatic nitrogens is 1. The number of nitrogens with zero attached hydrogens (tertiary/aromatic N) is 3. The second kappa shape index (κ2) is 9.57. The highest BCUT2D eigenvalue weighted by molar-refractivity contribution is 7.99. The maximum Gasteiger partial charge on any atom is 0.223 e. The fourth-order valence-electron chi connectivity index (χ4n) is 3.44. The van der Waals surface area contributed by atoms with Crippen LogP contribution >= 0.6 is 23.1 Å². The second-order valence-corrected chi connectivity index (χ2v) is 9.12. The van der Waals surface area contributed by atoms with Gasteiger partial charge in [0.1, 0.15) is 17.0 Å². The summed E-state index contributed by atoms with van der Waals surface area (Å²) in [6.45, 7) is 3.08. The first-order chi connectivity index (χ1) is 14.7. The summed E-state index contributed by atoms with van der Waals surface area (Å²) in [5.41, 5.74) is 0.911. The Morgan fingerprint density at radius 1 is 1.07 bits per heavy atom. The van der Waals surface area contributed by atoms with Crippen molar-refractivity contribution in [1.29, 1.82) is 0 Å². The van der Waals surface area contributed by atoms with Gasteiger partial charge in [-0.25, -0.2) is 4.98 Å². The number of carbonyl (C=O) groups excluding carboxylic acids is 1. The van der Waals surface area contributed by atoms with Gasteiger partial charge in [0, 0.05) is 43.2 Å². The Morgan fingerprint density at radius 2 is 1.83 bits per heavy atom. The quantitative estimate of drug-likeness (QED) is 0.512. The van der Waals surface area contributed by atoms with Crippen LogP contribution in [0.1, 0.15) is 6.42 Å². The minimum atomic E-state index is 0.224. The number of benzene rings is 2. The number of hydrogen-bond donors (Lipinski definition) is 0. The summed E-state index contributed by atoms with van der Waals surface area (Å²) in [6.07, 6.45) is 0.551. The monoisotopic (exact) mass is 443 g/mol. The van der Waals surface area contributed by atoms with Gasteiger partial charge >= 0.3 is 0 Å². The second-order valence-electron chi connectivity index (χ2n) is 6.95. The highest BCUT2D eigenvalue weighted by Gasteiger charge is 2.23. The van der Waals surface area contributed by atoms with Gasteiger partial charge in [0.05, 0.1) is 18.9 Å². The third-order valence-electron chi connectivity index (χ3n) is 5.14. The molecular weight excluding hydrogens is 418 g/mol. The lowest BCUT2D eigenvalue weighted by Gasteiger charge is -2.34. The fraction of sp³-hybridized carbons (Fsp3) is 0.364. The number of ether oxygens (including phenoxy) is 2. The molecule has 4 rings (SSSR count). The molecule has 2 heterocycles. The van der Waals surface area contributed by atoms with Crippen molar-refractivity contribution >= 4 is 44.4 Å². The Morgan fingerprint density at radius 3 is 2.53 bits per heavy atom. The number of anilines is 1. The molecule has 0 bridgehead atoms. The smallest absolute Gasteiger partial charge is 0.223 e. The van der Waals surface area contributed by atoms with E-state index in [-0.39, 0.29) is 5.91 Å². The van der Waals surface area contributed by atoms with E-state index in [1.165, 1.54) is 0 Å². The van der Waals surface area contributed by atoms with Gasteiger partial charge in [-0.1, -0.05) is 17.4 Å². The number of methoxy groups -OCH3 is 2. The number of thiazole rings is 1. The van der Waals surface area contributed by atoms with Crippen molar-refractivity contribution in [3.8, 4) is 11.5 Å². The van der Waals surface area contributed by atoms with E-state index < -0.39 is 0 Å². The van der Waals surface area contributed by atoms with E-state index in [0.29, 0.717) is 6.42 Å². The Labute approximate surface area is 184 Å². The van der Waals surface area contributed by atoms with Crippen LogP contribution in [0.3, 0.4) is 0 Å². The molecule has 8 heteroatoms. The van der Waals surface area contributed by atoms with Gasteiger partial charge in [-0.15, -0.1) is 11.8 Å². The maximum atomic E-state index is 12.6. The lowest BCUT2D eigenvalue weighted by atomic mass is 10.3. The van der Waals surface area contributed by atoms with Gasteiger partial charge in [0.25, 0.3) is 0 Å². The zero-order valence-electron chi connectivity index (χ0n) is 17.2.